The van der Waals surface area contributed by atoms with Crippen molar-refractivity contribution in [3.8, 4) is 0 Å². The first kappa shape index (κ1) is 16.3. The molecule has 1 fully saturated rings. The van der Waals surface area contributed by atoms with Crippen LogP contribution >= 0.6 is 10.7 Å². The topological polar surface area (TPSA) is 88.6 Å². The molecule has 1 amide bonds. The SMILES string of the molecule is CS(=O)(=O)c1ccc(N2CC(CS(=O)(=O)Cl)CC2=O)cc1. The highest BCUT2D eigenvalue weighted by Gasteiger charge is 2.33. The molecular formula is C12H14ClNO5S2. The van der Waals surface area contributed by atoms with Crippen molar-refractivity contribution in [1.29, 1.82) is 0 Å². The molecule has 1 saturated heterocycles. The zero-order chi connectivity index (χ0) is 15.8. The maximum atomic E-state index is 11.9. The summed E-state index contributed by atoms with van der Waals surface area (Å²) in [5, 5.41) is 0. The molecule has 0 aromatic heterocycles. The van der Waals surface area contributed by atoms with Crippen molar-refractivity contribution in [1.82, 2.24) is 0 Å². The molecule has 2 rings (SSSR count). The van der Waals surface area contributed by atoms with Gasteiger partial charge in [-0.05, 0) is 24.3 Å². The fourth-order valence-electron chi connectivity index (χ4n) is 2.30. The van der Waals surface area contributed by atoms with Gasteiger partial charge in [0.05, 0.1) is 10.6 Å². The van der Waals surface area contributed by atoms with E-state index in [4.69, 9.17) is 10.7 Å². The summed E-state index contributed by atoms with van der Waals surface area (Å²) in [5.41, 5.74) is 0.543. The third kappa shape index (κ3) is 4.18. The summed E-state index contributed by atoms with van der Waals surface area (Å²) in [6.45, 7) is 0.253. The number of halogens is 1. The molecule has 116 valence electrons. The second-order valence-electron chi connectivity index (χ2n) is 5.05. The van der Waals surface area contributed by atoms with Gasteiger partial charge in [-0.25, -0.2) is 16.8 Å². The van der Waals surface area contributed by atoms with Crippen molar-refractivity contribution >= 4 is 41.2 Å². The van der Waals surface area contributed by atoms with Gasteiger partial charge in [-0.2, -0.15) is 0 Å². The monoisotopic (exact) mass is 351 g/mol. The molecule has 1 aromatic rings. The molecule has 0 N–H and O–H groups in total. The van der Waals surface area contributed by atoms with Crippen LogP contribution in [0.15, 0.2) is 29.2 Å². The lowest BCUT2D eigenvalue weighted by molar-refractivity contribution is -0.117. The van der Waals surface area contributed by atoms with Gasteiger partial charge < -0.3 is 4.90 Å². The largest absolute Gasteiger partial charge is 0.312 e. The van der Waals surface area contributed by atoms with Crippen LogP contribution < -0.4 is 4.90 Å². The highest BCUT2D eigenvalue weighted by molar-refractivity contribution is 8.13. The van der Waals surface area contributed by atoms with Crippen LogP contribution in [0.3, 0.4) is 0 Å². The molecule has 1 aliphatic rings. The first-order chi connectivity index (χ1) is 9.56. The molecule has 6 nitrogen and oxygen atoms in total. The van der Waals surface area contributed by atoms with Gasteiger partial charge in [-0.3, -0.25) is 4.79 Å². The maximum Gasteiger partial charge on any atom is 0.232 e. The summed E-state index contributed by atoms with van der Waals surface area (Å²) >= 11 is 0. The minimum atomic E-state index is -3.65. The molecule has 21 heavy (non-hydrogen) atoms. The second kappa shape index (κ2) is 5.58. The maximum absolute atomic E-state index is 11.9. The number of carbonyl (C=O) groups excluding carboxylic acids is 1. The summed E-state index contributed by atoms with van der Waals surface area (Å²) in [4.78, 5) is 13.5. The molecule has 1 aromatic carbocycles. The first-order valence-electron chi connectivity index (χ1n) is 6.09. The Morgan fingerprint density at radius 3 is 2.24 bits per heavy atom. The van der Waals surface area contributed by atoms with Gasteiger partial charge >= 0.3 is 0 Å². The third-order valence-corrected chi connectivity index (χ3v) is 5.59. The van der Waals surface area contributed by atoms with E-state index in [0.29, 0.717) is 5.69 Å². The van der Waals surface area contributed by atoms with E-state index < -0.39 is 18.9 Å². The summed E-state index contributed by atoms with van der Waals surface area (Å²) < 4.78 is 44.9. The Labute approximate surface area is 128 Å². The van der Waals surface area contributed by atoms with E-state index in [9.17, 15) is 21.6 Å². The summed E-state index contributed by atoms with van der Waals surface area (Å²) in [6.07, 6.45) is 1.21. The summed E-state index contributed by atoms with van der Waals surface area (Å²) in [6, 6.07) is 5.91. The van der Waals surface area contributed by atoms with Crippen LogP contribution in [0.5, 0.6) is 0 Å². The van der Waals surface area contributed by atoms with Crippen LogP contribution in [0.4, 0.5) is 5.69 Å². The van der Waals surface area contributed by atoms with E-state index in [1.54, 1.807) is 0 Å². The number of benzene rings is 1. The van der Waals surface area contributed by atoms with Gasteiger partial charge in [0.15, 0.2) is 9.84 Å². The van der Waals surface area contributed by atoms with Crippen LogP contribution in [0.25, 0.3) is 0 Å². The molecule has 1 atom stereocenters. The minimum Gasteiger partial charge on any atom is -0.312 e. The van der Waals surface area contributed by atoms with Crippen molar-refractivity contribution in [3.63, 3.8) is 0 Å². The quantitative estimate of drug-likeness (QED) is 0.755. The number of amides is 1. The van der Waals surface area contributed by atoms with Crippen LogP contribution in [0.1, 0.15) is 6.42 Å². The highest BCUT2D eigenvalue weighted by atomic mass is 35.7. The van der Waals surface area contributed by atoms with E-state index in [-0.39, 0.29) is 35.4 Å². The van der Waals surface area contributed by atoms with Crippen molar-refractivity contribution in [2.24, 2.45) is 5.92 Å². The number of sulfone groups is 1. The number of hydrogen-bond donors (Lipinski definition) is 0. The molecule has 0 spiro atoms. The molecule has 1 heterocycles. The predicted octanol–water partition coefficient (Wildman–Crippen LogP) is 1.01. The molecule has 1 aliphatic heterocycles. The van der Waals surface area contributed by atoms with Gasteiger partial charge in [0.1, 0.15) is 0 Å². The van der Waals surface area contributed by atoms with Gasteiger partial charge in [0.25, 0.3) is 0 Å². The van der Waals surface area contributed by atoms with Crippen LogP contribution in [-0.4, -0.2) is 41.3 Å². The van der Waals surface area contributed by atoms with Gasteiger partial charge in [0.2, 0.25) is 15.0 Å². The minimum absolute atomic E-state index is 0.111. The fourth-order valence-corrected chi connectivity index (χ4v) is 4.25. The van der Waals surface area contributed by atoms with Gasteiger partial charge in [-0.1, -0.05) is 0 Å². The average Bonchev–Trinajstić information content (AvgIpc) is 2.66. The fraction of sp³-hybridized carbons (Fsp3) is 0.417. The molecule has 0 bridgehead atoms. The average molecular weight is 352 g/mol. The van der Waals surface area contributed by atoms with Crippen LogP contribution in [0, 0.1) is 5.92 Å². The van der Waals surface area contributed by atoms with E-state index in [0.717, 1.165) is 6.26 Å². The normalized spacial score (nSPS) is 20.0. The first-order valence-corrected chi connectivity index (χ1v) is 10.5. The zero-order valence-electron chi connectivity index (χ0n) is 11.2. The van der Waals surface area contributed by atoms with E-state index >= 15 is 0 Å². The molecule has 0 radical (unpaired) electrons. The van der Waals surface area contributed by atoms with Crippen molar-refractivity contribution in [2.75, 3.05) is 23.5 Å². The molecular weight excluding hydrogens is 338 g/mol. The Hall–Kier alpha value is -1.12. The Bertz CT molecular complexity index is 755. The van der Waals surface area contributed by atoms with Gasteiger partial charge in [-0.15, -0.1) is 0 Å². The lowest BCUT2D eigenvalue weighted by atomic mass is 10.1. The third-order valence-electron chi connectivity index (χ3n) is 3.22. The predicted molar refractivity (Wildman–Crippen MR) is 79.7 cm³/mol. The van der Waals surface area contributed by atoms with Crippen molar-refractivity contribution in [3.05, 3.63) is 24.3 Å². The number of rotatable bonds is 4. The number of carbonyl (C=O) groups is 1. The number of hydrogen-bond acceptors (Lipinski definition) is 5. The van der Waals surface area contributed by atoms with Crippen molar-refractivity contribution < 1.29 is 21.6 Å². The standard InChI is InChI=1S/C12H14ClNO5S2/c1-20(16,17)11-4-2-10(3-5-11)14-7-9(6-12(14)15)8-21(13,18)19/h2-5,9H,6-8H2,1H3. The molecule has 9 heteroatoms. The Morgan fingerprint density at radius 1 is 1.19 bits per heavy atom. The lowest BCUT2D eigenvalue weighted by Crippen LogP contribution is -2.25. The highest BCUT2D eigenvalue weighted by Crippen LogP contribution is 2.27. The Morgan fingerprint density at radius 2 is 1.76 bits per heavy atom. The lowest BCUT2D eigenvalue weighted by Gasteiger charge is -2.16. The zero-order valence-corrected chi connectivity index (χ0v) is 13.6. The van der Waals surface area contributed by atoms with Gasteiger partial charge in [0, 0.05) is 41.5 Å². The molecule has 0 saturated carbocycles. The van der Waals surface area contributed by atoms with E-state index in [2.05, 4.69) is 0 Å². The molecule has 1 unspecified atom stereocenters. The Balaban J connectivity index is 2.18. The van der Waals surface area contributed by atoms with Crippen LogP contribution in [-0.2, 0) is 23.7 Å². The smallest absolute Gasteiger partial charge is 0.232 e. The number of anilines is 1. The van der Waals surface area contributed by atoms with E-state index in [1.165, 1.54) is 29.2 Å². The summed E-state index contributed by atoms with van der Waals surface area (Å²) in [7, 11) is -1.74. The second-order valence-corrected chi connectivity index (χ2v) is 9.88. The van der Waals surface area contributed by atoms with E-state index in [1.807, 2.05) is 0 Å². The number of nitrogens with zero attached hydrogens (tertiary/aromatic N) is 1. The molecule has 0 aliphatic carbocycles. The Kier molecular flexibility index (Phi) is 4.32. The van der Waals surface area contributed by atoms with Crippen LogP contribution in [0.2, 0.25) is 0 Å². The van der Waals surface area contributed by atoms with Crippen molar-refractivity contribution in [2.45, 2.75) is 11.3 Å². The summed E-state index contributed by atoms with van der Waals surface area (Å²) in [5.74, 6) is -0.805.